The molecule has 0 saturated heterocycles. The minimum Gasteiger partial charge on any atom is -0.316 e. The van der Waals surface area contributed by atoms with Crippen molar-refractivity contribution in [3.63, 3.8) is 0 Å². The minimum atomic E-state index is -4.57. The Morgan fingerprint density at radius 2 is 1.81 bits per heavy atom. The number of aryl methyl sites for hydroxylation is 1. The molecule has 0 aliphatic rings. The lowest BCUT2D eigenvalue weighted by Crippen LogP contribution is -2.32. The summed E-state index contributed by atoms with van der Waals surface area (Å²) in [6.45, 7) is 4.54. The Hall–Kier alpha value is -0.830. The van der Waals surface area contributed by atoms with Crippen LogP contribution in [0.15, 0.2) is 23.1 Å². The first kappa shape index (κ1) is 20.2. The van der Waals surface area contributed by atoms with Gasteiger partial charge in [-0.15, -0.1) is 12.4 Å². The van der Waals surface area contributed by atoms with E-state index < -0.39 is 21.8 Å². The Bertz CT molecular complexity index is 562. The van der Waals surface area contributed by atoms with Gasteiger partial charge in [0, 0.05) is 13.1 Å². The Labute approximate surface area is 128 Å². The summed E-state index contributed by atoms with van der Waals surface area (Å²) in [5.74, 6) is 0. The van der Waals surface area contributed by atoms with E-state index in [1.54, 1.807) is 0 Å². The maximum Gasteiger partial charge on any atom is 0.416 e. The van der Waals surface area contributed by atoms with Gasteiger partial charge in [0.05, 0.1) is 10.5 Å². The summed E-state index contributed by atoms with van der Waals surface area (Å²) in [5.41, 5.74) is -0.705. The van der Waals surface area contributed by atoms with Gasteiger partial charge in [-0.05, 0) is 31.2 Å². The van der Waals surface area contributed by atoms with Crippen LogP contribution < -0.4 is 10.0 Å². The molecule has 0 aliphatic heterocycles. The fraction of sp³-hybridized carbons (Fsp3) is 0.500. The minimum absolute atomic E-state index is 0. The van der Waals surface area contributed by atoms with Crippen LogP contribution in [0.25, 0.3) is 0 Å². The van der Waals surface area contributed by atoms with Crippen molar-refractivity contribution < 1.29 is 21.6 Å². The molecular formula is C12H18ClF3N2O2S. The van der Waals surface area contributed by atoms with E-state index in [4.69, 9.17) is 0 Å². The average Bonchev–Trinajstić information content (AvgIpc) is 2.33. The van der Waals surface area contributed by atoms with Gasteiger partial charge in [0.1, 0.15) is 0 Å². The van der Waals surface area contributed by atoms with Gasteiger partial charge in [-0.1, -0.05) is 13.0 Å². The summed E-state index contributed by atoms with van der Waals surface area (Å²) in [6, 6.07) is 2.68. The van der Waals surface area contributed by atoms with Gasteiger partial charge < -0.3 is 5.32 Å². The van der Waals surface area contributed by atoms with Crippen molar-refractivity contribution in [2.75, 3.05) is 19.6 Å². The topological polar surface area (TPSA) is 58.2 Å². The van der Waals surface area contributed by atoms with Gasteiger partial charge in [-0.3, -0.25) is 0 Å². The maximum atomic E-state index is 12.6. The highest BCUT2D eigenvalue weighted by Crippen LogP contribution is 2.31. The first-order chi connectivity index (χ1) is 9.18. The Morgan fingerprint density at radius 1 is 1.19 bits per heavy atom. The van der Waals surface area contributed by atoms with Gasteiger partial charge in [0.25, 0.3) is 0 Å². The predicted molar refractivity (Wildman–Crippen MR) is 77.2 cm³/mol. The molecule has 1 rings (SSSR count). The molecule has 1 aromatic carbocycles. The monoisotopic (exact) mass is 346 g/mol. The number of hydrogen-bond donors (Lipinski definition) is 2. The van der Waals surface area contributed by atoms with E-state index in [1.165, 1.54) is 6.92 Å². The number of halogens is 4. The highest BCUT2D eigenvalue weighted by Gasteiger charge is 2.32. The Morgan fingerprint density at radius 3 is 2.33 bits per heavy atom. The summed E-state index contributed by atoms with van der Waals surface area (Å²) in [5, 5.41) is 2.92. The highest BCUT2D eigenvalue weighted by molar-refractivity contribution is 7.89. The van der Waals surface area contributed by atoms with Crippen LogP contribution >= 0.6 is 12.4 Å². The SMILES string of the molecule is CCNCCNS(=O)(=O)c1cc(C(F)(F)F)ccc1C.Cl. The van der Waals surface area contributed by atoms with Crippen LogP contribution in [0.2, 0.25) is 0 Å². The third-order valence-corrected chi connectivity index (χ3v) is 4.25. The van der Waals surface area contributed by atoms with Gasteiger partial charge >= 0.3 is 6.18 Å². The van der Waals surface area contributed by atoms with Crippen molar-refractivity contribution in [1.29, 1.82) is 0 Å². The van der Waals surface area contributed by atoms with Crippen LogP contribution in [-0.2, 0) is 16.2 Å². The molecule has 0 aromatic heterocycles. The van der Waals surface area contributed by atoms with E-state index in [9.17, 15) is 21.6 Å². The van der Waals surface area contributed by atoms with Crippen LogP contribution in [0.1, 0.15) is 18.1 Å². The largest absolute Gasteiger partial charge is 0.416 e. The predicted octanol–water partition coefficient (Wildman–Crippen LogP) is 2.32. The molecule has 0 saturated carbocycles. The molecule has 0 aliphatic carbocycles. The lowest BCUT2D eigenvalue weighted by molar-refractivity contribution is -0.137. The average molecular weight is 347 g/mol. The van der Waals surface area contributed by atoms with Crippen molar-refractivity contribution in [2.24, 2.45) is 0 Å². The zero-order valence-corrected chi connectivity index (χ0v) is 13.3. The molecule has 1 aromatic rings. The molecule has 122 valence electrons. The van der Waals surface area contributed by atoms with Gasteiger partial charge in [0.2, 0.25) is 10.0 Å². The molecule has 2 N–H and O–H groups in total. The molecule has 0 unspecified atom stereocenters. The quantitative estimate of drug-likeness (QED) is 0.777. The first-order valence-electron chi connectivity index (χ1n) is 6.06. The fourth-order valence-electron chi connectivity index (χ4n) is 1.59. The second-order valence-electron chi connectivity index (χ2n) is 4.23. The maximum absolute atomic E-state index is 12.6. The molecular weight excluding hydrogens is 329 g/mol. The van der Waals surface area contributed by atoms with Gasteiger partial charge in [-0.2, -0.15) is 13.2 Å². The van der Waals surface area contributed by atoms with Crippen LogP contribution in [0.5, 0.6) is 0 Å². The summed E-state index contributed by atoms with van der Waals surface area (Å²) < 4.78 is 64.1. The van der Waals surface area contributed by atoms with Crippen LogP contribution in [0.3, 0.4) is 0 Å². The zero-order chi connectivity index (χ0) is 15.4. The number of sulfonamides is 1. The van der Waals surface area contributed by atoms with E-state index in [-0.39, 0.29) is 29.4 Å². The molecule has 0 atom stereocenters. The first-order valence-corrected chi connectivity index (χ1v) is 7.55. The van der Waals surface area contributed by atoms with Crippen LogP contribution in [-0.4, -0.2) is 28.1 Å². The number of likely N-dealkylation sites (N-methyl/N-ethyl adjacent to an activating group) is 1. The number of alkyl halides is 3. The molecule has 0 amide bonds. The molecule has 0 fully saturated rings. The molecule has 0 bridgehead atoms. The number of rotatable bonds is 6. The second kappa shape index (κ2) is 7.98. The number of hydrogen-bond acceptors (Lipinski definition) is 3. The number of nitrogens with one attached hydrogen (secondary N) is 2. The second-order valence-corrected chi connectivity index (χ2v) is 5.96. The fourth-order valence-corrected chi connectivity index (χ4v) is 2.89. The molecule has 21 heavy (non-hydrogen) atoms. The molecule has 0 spiro atoms. The molecule has 0 radical (unpaired) electrons. The Balaban J connectivity index is 0.00000400. The standard InChI is InChI=1S/C12H17F3N2O2S.ClH/c1-3-16-6-7-17-20(18,19)11-8-10(12(13,14)15)5-4-9(11)2;/h4-5,8,16-17H,3,6-7H2,1-2H3;1H. The highest BCUT2D eigenvalue weighted by atomic mass is 35.5. The third-order valence-electron chi connectivity index (χ3n) is 2.65. The third kappa shape index (κ3) is 5.82. The lowest BCUT2D eigenvalue weighted by atomic mass is 10.1. The summed E-state index contributed by atoms with van der Waals surface area (Å²) in [6.07, 6.45) is -4.57. The molecule has 9 heteroatoms. The van der Waals surface area contributed by atoms with E-state index in [0.717, 1.165) is 12.1 Å². The van der Waals surface area contributed by atoms with Gasteiger partial charge in [0.15, 0.2) is 0 Å². The Kier molecular flexibility index (Phi) is 7.66. The van der Waals surface area contributed by atoms with Crippen molar-refractivity contribution in [1.82, 2.24) is 10.0 Å². The van der Waals surface area contributed by atoms with E-state index >= 15 is 0 Å². The summed E-state index contributed by atoms with van der Waals surface area (Å²) in [7, 11) is -3.94. The molecule has 0 heterocycles. The smallest absolute Gasteiger partial charge is 0.316 e. The van der Waals surface area contributed by atoms with E-state index in [2.05, 4.69) is 10.0 Å². The van der Waals surface area contributed by atoms with Crippen molar-refractivity contribution in [3.05, 3.63) is 29.3 Å². The van der Waals surface area contributed by atoms with Crippen molar-refractivity contribution >= 4 is 22.4 Å². The summed E-state index contributed by atoms with van der Waals surface area (Å²) in [4.78, 5) is -0.344. The lowest BCUT2D eigenvalue weighted by Gasteiger charge is -2.13. The van der Waals surface area contributed by atoms with E-state index in [0.29, 0.717) is 19.2 Å². The zero-order valence-electron chi connectivity index (χ0n) is 11.6. The van der Waals surface area contributed by atoms with Crippen molar-refractivity contribution in [2.45, 2.75) is 24.9 Å². The van der Waals surface area contributed by atoms with Gasteiger partial charge in [-0.25, -0.2) is 13.1 Å². The number of benzene rings is 1. The molecule has 4 nitrogen and oxygen atoms in total. The van der Waals surface area contributed by atoms with E-state index in [1.807, 2.05) is 6.92 Å². The summed E-state index contributed by atoms with van der Waals surface area (Å²) >= 11 is 0. The van der Waals surface area contributed by atoms with Crippen LogP contribution in [0, 0.1) is 6.92 Å². The normalized spacial score (nSPS) is 12.0. The van der Waals surface area contributed by atoms with Crippen molar-refractivity contribution in [3.8, 4) is 0 Å². The van der Waals surface area contributed by atoms with Crippen LogP contribution in [0.4, 0.5) is 13.2 Å².